The molecule has 6 heteroatoms. The van der Waals surface area contributed by atoms with E-state index >= 15 is 0 Å². The summed E-state index contributed by atoms with van der Waals surface area (Å²) in [7, 11) is 1.33. The van der Waals surface area contributed by atoms with Gasteiger partial charge in [0.2, 0.25) is 0 Å². The lowest BCUT2D eigenvalue weighted by atomic mass is 10.1. The summed E-state index contributed by atoms with van der Waals surface area (Å²) in [6, 6.07) is 0. The maximum Gasteiger partial charge on any atom is 0.406 e. The van der Waals surface area contributed by atoms with Gasteiger partial charge >= 0.3 is 6.09 Å². The maximum atomic E-state index is 10.9. The lowest BCUT2D eigenvalue weighted by Crippen LogP contribution is -2.39. The Hall–Kier alpha value is -0.850. The van der Waals surface area contributed by atoms with Gasteiger partial charge in [0.25, 0.3) is 0 Å². The summed E-state index contributed by atoms with van der Waals surface area (Å²) in [5.41, 5.74) is 0. The molecule has 1 N–H and O–H groups in total. The van der Waals surface area contributed by atoms with Gasteiger partial charge in [-0.05, 0) is 13.8 Å². The van der Waals surface area contributed by atoms with E-state index in [1.54, 1.807) is 0 Å². The van der Waals surface area contributed by atoms with Crippen LogP contribution in [0.5, 0.6) is 0 Å². The van der Waals surface area contributed by atoms with Crippen LogP contribution >= 0.6 is 0 Å². The minimum atomic E-state index is -0.567. The van der Waals surface area contributed by atoms with Crippen molar-refractivity contribution in [1.29, 1.82) is 0 Å². The van der Waals surface area contributed by atoms with Gasteiger partial charge in [0.1, 0.15) is 18.3 Å². The highest BCUT2D eigenvalue weighted by Crippen LogP contribution is 2.34. The number of fused-ring (bicyclic) bond motifs is 1. The summed E-state index contributed by atoms with van der Waals surface area (Å²) in [5, 5.41) is 2.59. The number of alkyl carbamates (subject to hydrolysis) is 1. The van der Waals surface area contributed by atoms with Crippen molar-refractivity contribution in [2.45, 2.75) is 37.9 Å². The number of hydrogen-bond acceptors (Lipinski definition) is 5. The molecule has 92 valence electrons. The van der Waals surface area contributed by atoms with Crippen molar-refractivity contribution in [1.82, 2.24) is 5.32 Å². The molecule has 2 fully saturated rings. The summed E-state index contributed by atoms with van der Waals surface area (Å²) >= 11 is 0. The molecule has 0 unspecified atom stereocenters. The van der Waals surface area contributed by atoms with Crippen molar-refractivity contribution >= 4 is 6.09 Å². The molecule has 0 saturated carbocycles. The van der Waals surface area contributed by atoms with Gasteiger partial charge < -0.3 is 24.3 Å². The molecule has 2 rings (SSSR count). The lowest BCUT2D eigenvalue weighted by molar-refractivity contribution is -0.174. The molecule has 0 spiro atoms. The first-order valence-corrected chi connectivity index (χ1v) is 5.31. The molecule has 6 nitrogen and oxygen atoms in total. The van der Waals surface area contributed by atoms with Gasteiger partial charge in [0.15, 0.2) is 5.79 Å². The first kappa shape index (κ1) is 11.6. The number of amides is 1. The van der Waals surface area contributed by atoms with Crippen molar-refractivity contribution in [3.63, 3.8) is 0 Å². The van der Waals surface area contributed by atoms with Crippen LogP contribution in [0, 0.1) is 0 Å². The molecule has 0 aliphatic carbocycles. The fourth-order valence-electron chi connectivity index (χ4n) is 2.05. The summed E-state index contributed by atoms with van der Waals surface area (Å²) in [4.78, 5) is 10.9. The van der Waals surface area contributed by atoms with Crippen molar-refractivity contribution in [3.05, 3.63) is 0 Å². The Balaban J connectivity index is 1.86. The number of nitrogens with one attached hydrogen (secondary N) is 1. The van der Waals surface area contributed by atoms with Crippen LogP contribution in [0.1, 0.15) is 13.8 Å². The van der Waals surface area contributed by atoms with E-state index in [-0.39, 0.29) is 18.3 Å². The minimum Gasteiger partial charge on any atom is -0.453 e. The third-order valence-electron chi connectivity index (χ3n) is 2.70. The predicted octanol–water partition coefficient (Wildman–Crippen LogP) is 0.261. The van der Waals surface area contributed by atoms with Crippen LogP contribution in [-0.4, -0.2) is 50.5 Å². The van der Waals surface area contributed by atoms with Crippen LogP contribution in [-0.2, 0) is 18.9 Å². The molecule has 16 heavy (non-hydrogen) atoms. The molecule has 0 aromatic rings. The van der Waals surface area contributed by atoms with Gasteiger partial charge in [-0.2, -0.15) is 0 Å². The molecule has 1 amide bonds. The Kier molecular flexibility index (Phi) is 3.05. The van der Waals surface area contributed by atoms with Crippen LogP contribution < -0.4 is 5.32 Å². The van der Waals surface area contributed by atoms with E-state index in [4.69, 9.17) is 14.2 Å². The number of ether oxygens (including phenoxy) is 4. The van der Waals surface area contributed by atoms with Crippen molar-refractivity contribution < 1.29 is 23.7 Å². The molecule has 2 aliphatic heterocycles. The van der Waals surface area contributed by atoms with Crippen molar-refractivity contribution in [2.24, 2.45) is 0 Å². The molecule has 0 bridgehead atoms. The van der Waals surface area contributed by atoms with E-state index in [9.17, 15) is 4.79 Å². The van der Waals surface area contributed by atoms with Gasteiger partial charge in [-0.15, -0.1) is 0 Å². The maximum absolute atomic E-state index is 10.9. The highest BCUT2D eigenvalue weighted by molar-refractivity contribution is 5.66. The number of methoxy groups -OCH3 is 1. The quantitative estimate of drug-likeness (QED) is 0.738. The van der Waals surface area contributed by atoms with E-state index in [0.29, 0.717) is 13.2 Å². The molecule has 2 heterocycles. The zero-order valence-electron chi connectivity index (χ0n) is 9.69. The Bertz CT molecular complexity index is 280. The van der Waals surface area contributed by atoms with E-state index < -0.39 is 11.9 Å². The Labute approximate surface area is 94.2 Å². The zero-order valence-corrected chi connectivity index (χ0v) is 9.69. The molecular weight excluding hydrogens is 214 g/mol. The molecular formula is C10H17NO5. The normalized spacial score (nSPS) is 35.8. The molecule has 0 aromatic heterocycles. The average molecular weight is 231 g/mol. The van der Waals surface area contributed by atoms with Gasteiger partial charge in [-0.25, -0.2) is 4.79 Å². The highest BCUT2D eigenvalue weighted by atomic mass is 16.8. The third kappa shape index (κ3) is 2.28. The number of rotatable bonds is 2. The second kappa shape index (κ2) is 4.20. The fourth-order valence-corrected chi connectivity index (χ4v) is 2.05. The summed E-state index contributed by atoms with van der Waals surface area (Å²) in [6.07, 6.45) is -0.803. The van der Waals surface area contributed by atoms with Gasteiger partial charge in [-0.3, -0.25) is 0 Å². The van der Waals surface area contributed by atoms with Crippen LogP contribution in [0.2, 0.25) is 0 Å². The number of carbonyl (C=O) groups is 1. The largest absolute Gasteiger partial charge is 0.453 e. The Morgan fingerprint density at radius 3 is 2.94 bits per heavy atom. The average Bonchev–Trinajstić information content (AvgIpc) is 2.70. The molecule has 0 radical (unpaired) electrons. The molecule has 2 aliphatic rings. The van der Waals surface area contributed by atoms with E-state index in [0.717, 1.165) is 0 Å². The summed E-state index contributed by atoms with van der Waals surface area (Å²) in [5.74, 6) is -0.567. The van der Waals surface area contributed by atoms with E-state index in [2.05, 4.69) is 10.1 Å². The van der Waals surface area contributed by atoms with Gasteiger partial charge in [-0.1, -0.05) is 0 Å². The second-order valence-electron chi connectivity index (χ2n) is 4.38. The zero-order chi connectivity index (χ0) is 11.8. The van der Waals surface area contributed by atoms with E-state index in [1.165, 1.54) is 7.11 Å². The predicted molar refractivity (Wildman–Crippen MR) is 54.0 cm³/mol. The van der Waals surface area contributed by atoms with Gasteiger partial charge in [0, 0.05) is 6.54 Å². The topological polar surface area (TPSA) is 66.0 Å². The van der Waals surface area contributed by atoms with Gasteiger partial charge in [0.05, 0.1) is 13.7 Å². The number of hydrogen-bond donors (Lipinski definition) is 1. The lowest BCUT2D eigenvalue weighted by Gasteiger charge is -2.21. The first-order chi connectivity index (χ1) is 7.52. The number of carbonyl (C=O) groups excluding carboxylic acids is 1. The first-order valence-electron chi connectivity index (χ1n) is 5.31. The van der Waals surface area contributed by atoms with Crippen molar-refractivity contribution in [3.8, 4) is 0 Å². The van der Waals surface area contributed by atoms with Crippen LogP contribution in [0.25, 0.3) is 0 Å². The minimum absolute atomic E-state index is 0.0422. The monoisotopic (exact) mass is 231 g/mol. The smallest absolute Gasteiger partial charge is 0.406 e. The third-order valence-corrected chi connectivity index (χ3v) is 2.70. The standard InChI is InChI=1S/C10H17NO5/c1-10(2)15-7-5-14-6(8(7)16-10)4-11-9(12)13-3/h6-8H,4-5H2,1-3H3,(H,11,12)/t6-,7-,8-/m0/s1. The Morgan fingerprint density at radius 2 is 2.25 bits per heavy atom. The van der Waals surface area contributed by atoms with Crippen LogP contribution in [0.4, 0.5) is 4.79 Å². The second-order valence-corrected chi connectivity index (χ2v) is 4.38. The van der Waals surface area contributed by atoms with Crippen LogP contribution in [0.15, 0.2) is 0 Å². The molecule has 2 saturated heterocycles. The molecule has 0 aromatic carbocycles. The summed E-state index contributed by atoms with van der Waals surface area (Å²) < 4.78 is 21.3. The summed E-state index contributed by atoms with van der Waals surface area (Å²) in [6.45, 7) is 4.61. The highest BCUT2D eigenvalue weighted by Gasteiger charge is 2.49. The van der Waals surface area contributed by atoms with E-state index in [1.807, 2.05) is 13.8 Å². The fraction of sp³-hybridized carbons (Fsp3) is 0.900. The Morgan fingerprint density at radius 1 is 1.50 bits per heavy atom. The SMILES string of the molecule is COC(=O)NC[C@@H]1OC[C@@H]2OC(C)(C)O[C@@H]12. The van der Waals surface area contributed by atoms with Crippen molar-refractivity contribution in [2.75, 3.05) is 20.3 Å². The van der Waals surface area contributed by atoms with Crippen LogP contribution in [0.3, 0.4) is 0 Å². The molecule has 3 atom stereocenters.